The first kappa shape index (κ1) is 34.6. The third-order valence-corrected chi connectivity index (χ3v) is 10.0. The van der Waals surface area contributed by atoms with Gasteiger partial charge in [0.05, 0.1) is 25.7 Å². The number of aliphatic hydroxyl groups excluding tert-OH is 1. The fourth-order valence-corrected chi connectivity index (χ4v) is 7.34. The molecule has 1 spiro atoms. The predicted molar refractivity (Wildman–Crippen MR) is 192 cm³/mol. The highest BCUT2D eigenvalue weighted by molar-refractivity contribution is 5.98. The first-order chi connectivity index (χ1) is 25.3. The van der Waals surface area contributed by atoms with Crippen molar-refractivity contribution >= 4 is 17.7 Å². The molecule has 268 valence electrons. The number of amides is 3. The summed E-state index contributed by atoms with van der Waals surface area (Å²) in [6.45, 7) is 0.549. The highest BCUT2D eigenvalue weighted by Gasteiger charge is 2.53. The molecule has 0 saturated carbocycles. The molecule has 7 rings (SSSR count). The molecule has 3 aliphatic rings. The van der Waals surface area contributed by atoms with Crippen molar-refractivity contribution in [3.63, 3.8) is 0 Å². The van der Waals surface area contributed by atoms with Gasteiger partial charge in [0, 0.05) is 37.1 Å². The van der Waals surface area contributed by atoms with Gasteiger partial charge in [0.15, 0.2) is 11.5 Å². The maximum Gasteiger partial charge on any atom is 0.285 e. The van der Waals surface area contributed by atoms with Crippen LogP contribution in [0.3, 0.4) is 0 Å². The van der Waals surface area contributed by atoms with Crippen LogP contribution >= 0.6 is 0 Å². The standard InChI is InChI=1S/C41H41N3O8/c1-49-30-16-13-27(14-17-30)37(46)42-32(23-26-9-5-3-6-10-26)38(47)43-39(51-31-11-7-4-8-12-31)40(48)44-22-21-41-20-19-29(45)24-34(41)52-36-33(50-2)18-15-28(25-44)35(36)41/h3-20,29,32,34,39,45H,21-25H2,1-2H3,(H,42,46)(H,43,47). The van der Waals surface area contributed by atoms with E-state index in [4.69, 9.17) is 18.9 Å². The largest absolute Gasteiger partial charge is 0.497 e. The number of hydrogen-bond donors (Lipinski definition) is 3. The Labute approximate surface area is 302 Å². The summed E-state index contributed by atoms with van der Waals surface area (Å²) in [7, 11) is 3.13. The molecular weight excluding hydrogens is 662 g/mol. The molecule has 3 amide bonds. The number of carbonyl (C=O) groups excluding carboxylic acids is 3. The molecule has 11 heteroatoms. The molecule has 4 aromatic carbocycles. The number of aliphatic hydroxyl groups is 1. The average Bonchev–Trinajstić information content (AvgIpc) is 3.41. The summed E-state index contributed by atoms with van der Waals surface area (Å²) in [5.74, 6) is 0.711. The SMILES string of the molecule is COc1ccc(C(=O)NC(Cc2ccccc2)C(=O)NC(Oc2ccccc2)C(=O)N2CCC34C=CC(O)CC3Oc3c(OC)ccc(c34)C2)cc1. The van der Waals surface area contributed by atoms with Crippen molar-refractivity contribution in [2.75, 3.05) is 20.8 Å². The van der Waals surface area contributed by atoms with E-state index in [2.05, 4.69) is 10.6 Å². The number of nitrogens with one attached hydrogen (secondary N) is 2. The van der Waals surface area contributed by atoms with Gasteiger partial charge in [-0.2, -0.15) is 0 Å². The van der Waals surface area contributed by atoms with E-state index < -0.39 is 41.5 Å². The van der Waals surface area contributed by atoms with E-state index in [9.17, 15) is 19.5 Å². The zero-order valence-electron chi connectivity index (χ0n) is 29.0. The molecule has 5 atom stereocenters. The number of nitrogens with zero attached hydrogens (tertiary/aromatic N) is 1. The second kappa shape index (κ2) is 14.8. The monoisotopic (exact) mass is 703 g/mol. The second-order valence-electron chi connectivity index (χ2n) is 13.2. The van der Waals surface area contributed by atoms with E-state index in [1.807, 2.05) is 54.6 Å². The number of hydrogen-bond acceptors (Lipinski definition) is 8. The van der Waals surface area contributed by atoms with Gasteiger partial charge in [0.25, 0.3) is 18.0 Å². The summed E-state index contributed by atoms with van der Waals surface area (Å²) in [5, 5.41) is 16.2. The van der Waals surface area contributed by atoms with Crippen LogP contribution in [0.1, 0.15) is 39.9 Å². The lowest BCUT2D eigenvalue weighted by atomic mass is 9.69. The molecule has 0 aromatic heterocycles. The lowest BCUT2D eigenvalue weighted by molar-refractivity contribution is -0.144. The van der Waals surface area contributed by atoms with Crippen LogP contribution in [0, 0.1) is 0 Å². The van der Waals surface area contributed by atoms with E-state index in [1.54, 1.807) is 73.7 Å². The summed E-state index contributed by atoms with van der Waals surface area (Å²) >= 11 is 0. The Bertz CT molecular complexity index is 1950. The van der Waals surface area contributed by atoms with Gasteiger partial charge in [-0.1, -0.05) is 66.7 Å². The Kier molecular flexibility index (Phi) is 9.86. The normalized spacial score (nSPS) is 20.9. The zero-order chi connectivity index (χ0) is 36.2. The molecule has 3 N–H and O–H groups in total. The molecule has 0 fully saturated rings. The Morgan fingerprint density at radius 3 is 2.35 bits per heavy atom. The van der Waals surface area contributed by atoms with Crippen molar-refractivity contribution < 1.29 is 38.4 Å². The summed E-state index contributed by atoms with van der Waals surface area (Å²) in [6.07, 6.45) is 2.50. The van der Waals surface area contributed by atoms with Gasteiger partial charge in [0.1, 0.15) is 23.6 Å². The van der Waals surface area contributed by atoms with Crippen LogP contribution in [-0.2, 0) is 28.0 Å². The smallest absolute Gasteiger partial charge is 0.285 e. The molecule has 11 nitrogen and oxygen atoms in total. The maximum absolute atomic E-state index is 14.6. The molecule has 2 heterocycles. The van der Waals surface area contributed by atoms with Crippen LogP contribution in [0.2, 0.25) is 0 Å². The minimum absolute atomic E-state index is 0.171. The fourth-order valence-electron chi connectivity index (χ4n) is 7.34. The zero-order valence-corrected chi connectivity index (χ0v) is 29.0. The van der Waals surface area contributed by atoms with Crippen LogP contribution in [-0.4, -0.2) is 73.0 Å². The van der Waals surface area contributed by atoms with Gasteiger partial charge in [-0.15, -0.1) is 0 Å². The van der Waals surface area contributed by atoms with Crippen molar-refractivity contribution in [3.05, 3.63) is 131 Å². The van der Waals surface area contributed by atoms with Gasteiger partial charge in [-0.05, 0) is 60.0 Å². The summed E-state index contributed by atoms with van der Waals surface area (Å²) in [4.78, 5) is 43.9. The number of ether oxygens (including phenoxy) is 4. The summed E-state index contributed by atoms with van der Waals surface area (Å²) < 4.78 is 23.5. The number of methoxy groups -OCH3 is 2. The van der Waals surface area contributed by atoms with E-state index in [0.29, 0.717) is 47.9 Å². The van der Waals surface area contributed by atoms with E-state index in [0.717, 1.165) is 16.7 Å². The van der Waals surface area contributed by atoms with Gasteiger partial charge < -0.3 is 39.6 Å². The van der Waals surface area contributed by atoms with Gasteiger partial charge in [0.2, 0.25) is 5.91 Å². The first-order valence-electron chi connectivity index (χ1n) is 17.3. The van der Waals surface area contributed by atoms with Crippen LogP contribution in [0.25, 0.3) is 0 Å². The number of carbonyl (C=O) groups is 3. The molecule has 0 saturated heterocycles. The van der Waals surface area contributed by atoms with Crippen LogP contribution < -0.4 is 29.6 Å². The van der Waals surface area contributed by atoms with E-state index in [-0.39, 0.29) is 19.1 Å². The van der Waals surface area contributed by atoms with E-state index >= 15 is 0 Å². The van der Waals surface area contributed by atoms with Crippen molar-refractivity contribution in [1.29, 1.82) is 0 Å². The summed E-state index contributed by atoms with van der Waals surface area (Å²) in [5.41, 5.74) is 2.43. The number of para-hydroxylation sites is 1. The van der Waals surface area contributed by atoms with E-state index in [1.165, 1.54) is 0 Å². The van der Waals surface area contributed by atoms with Crippen LogP contribution in [0.15, 0.2) is 109 Å². The van der Waals surface area contributed by atoms with Crippen LogP contribution in [0.4, 0.5) is 0 Å². The van der Waals surface area contributed by atoms with Crippen molar-refractivity contribution in [2.24, 2.45) is 0 Å². The lowest BCUT2D eigenvalue weighted by Gasteiger charge is -2.36. The van der Waals surface area contributed by atoms with Crippen molar-refractivity contribution in [2.45, 2.75) is 55.7 Å². The molecule has 0 radical (unpaired) electrons. The third kappa shape index (κ3) is 6.91. The van der Waals surface area contributed by atoms with Crippen molar-refractivity contribution in [3.8, 4) is 23.0 Å². The molecule has 0 bridgehead atoms. The maximum atomic E-state index is 14.6. The highest BCUT2D eigenvalue weighted by atomic mass is 16.5. The summed E-state index contributed by atoms with van der Waals surface area (Å²) in [6, 6.07) is 27.4. The number of rotatable bonds is 11. The minimum atomic E-state index is -1.42. The Balaban J connectivity index is 1.18. The Morgan fingerprint density at radius 2 is 1.63 bits per heavy atom. The van der Waals surface area contributed by atoms with Gasteiger partial charge in [-0.3, -0.25) is 14.4 Å². The van der Waals surface area contributed by atoms with Crippen molar-refractivity contribution in [1.82, 2.24) is 15.5 Å². The molecular formula is C41H41N3O8. The number of benzene rings is 4. The second-order valence-corrected chi connectivity index (χ2v) is 13.2. The minimum Gasteiger partial charge on any atom is -0.497 e. The molecule has 2 aliphatic heterocycles. The first-order valence-corrected chi connectivity index (χ1v) is 17.3. The quantitative estimate of drug-likeness (QED) is 0.155. The molecule has 1 aliphatic carbocycles. The van der Waals surface area contributed by atoms with Gasteiger partial charge in [-0.25, -0.2) is 0 Å². The fraction of sp³-hybridized carbons (Fsp3) is 0.293. The average molecular weight is 704 g/mol. The van der Waals surface area contributed by atoms with Crippen LogP contribution in [0.5, 0.6) is 23.0 Å². The topological polar surface area (TPSA) is 136 Å². The molecule has 52 heavy (non-hydrogen) atoms. The molecule has 4 aromatic rings. The lowest BCUT2D eigenvalue weighted by Crippen LogP contribution is -2.57. The Hall–Kier alpha value is -5.81. The molecule has 5 unspecified atom stereocenters. The third-order valence-electron chi connectivity index (χ3n) is 10.0. The highest BCUT2D eigenvalue weighted by Crippen LogP contribution is 2.55. The predicted octanol–water partition coefficient (Wildman–Crippen LogP) is 4.32. The van der Waals surface area contributed by atoms with Gasteiger partial charge >= 0.3 is 0 Å². The Morgan fingerprint density at radius 1 is 0.904 bits per heavy atom.